The number of nitrogens with two attached hydrogens (primary N) is 1. The molecule has 4 nitrogen and oxygen atoms in total. The van der Waals surface area contributed by atoms with E-state index in [1.54, 1.807) is 0 Å². The van der Waals surface area contributed by atoms with Crippen molar-refractivity contribution in [3.63, 3.8) is 0 Å². The lowest BCUT2D eigenvalue weighted by molar-refractivity contribution is 0.0412. The molecule has 1 atom stereocenters. The lowest BCUT2D eigenvalue weighted by atomic mass is 10.0. The highest BCUT2D eigenvalue weighted by Gasteiger charge is 2.16. The third-order valence-corrected chi connectivity index (χ3v) is 4.15. The summed E-state index contributed by atoms with van der Waals surface area (Å²) >= 11 is 0. The molecule has 1 aliphatic rings. The van der Waals surface area contributed by atoms with Gasteiger partial charge in [0.2, 0.25) is 0 Å². The zero-order valence-corrected chi connectivity index (χ0v) is 12.6. The van der Waals surface area contributed by atoms with Gasteiger partial charge in [0, 0.05) is 37.0 Å². The molecule has 1 aromatic carbocycles. The molecule has 2 N–H and O–H groups in total. The van der Waals surface area contributed by atoms with Crippen LogP contribution in [-0.4, -0.2) is 36.7 Å². The third-order valence-electron chi connectivity index (χ3n) is 4.15. The molecule has 21 heavy (non-hydrogen) atoms. The summed E-state index contributed by atoms with van der Waals surface area (Å²) in [6.07, 6.45) is 4.29. The van der Waals surface area contributed by atoms with E-state index in [0.29, 0.717) is 5.92 Å². The summed E-state index contributed by atoms with van der Waals surface area (Å²) in [7, 11) is 2.17. The second-order valence-electron chi connectivity index (χ2n) is 5.99. The normalized spacial score (nSPS) is 19.2. The van der Waals surface area contributed by atoms with Crippen molar-refractivity contribution in [3.05, 3.63) is 36.0 Å². The third kappa shape index (κ3) is 3.34. The van der Waals surface area contributed by atoms with E-state index in [9.17, 15) is 0 Å². The fourth-order valence-corrected chi connectivity index (χ4v) is 3.13. The summed E-state index contributed by atoms with van der Waals surface area (Å²) in [4.78, 5) is 6.87. The van der Waals surface area contributed by atoms with E-state index in [0.717, 1.165) is 42.9 Å². The van der Waals surface area contributed by atoms with E-state index >= 15 is 0 Å². The van der Waals surface area contributed by atoms with Crippen LogP contribution in [-0.2, 0) is 11.3 Å². The lowest BCUT2D eigenvalue weighted by Crippen LogP contribution is -2.30. The van der Waals surface area contributed by atoms with Gasteiger partial charge < -0.3 is 15.4 Å². The zero-order valence-electron chi connectivity index (χ0n) is 12.6. The van der Waals surface area contributed by atoms with Crippen molar-refractivity contribution in [1.29, 1.82) is 0 Å². The van der Waals surface area contributed by atoms with Gasteiger partial charge in [-0.2, -0.15) is 0 Å². The first-order valence-electron chi connectivity index (χ1n) is 7.62. The molecular formula is C17H23N3O. The molecule has 1 aliphatic heterocycles. The highest BCUT2D eigenvalue weighted by Crippen LogP contribution is 2.24. The van der Waals surface area contributed by atoms with E-state index in [2.05, 4.69) is 23.0 Å². The van der Waals surface area contributed by atoms with Gasteiger partial charge in [-0.15, -0.1) is 0 Å². The molecule has 0 saturated carbocycles. The van der Waals surface area contributed by atoms with Crippen molar-refractivity contribution in [3.8, 4) is 0 Å². The van der Waals surface area contributed by atoms with Crippen molar-refractivity contribution in [2.45, 2.75) is 19.4 Å². The van der Waals surface area contributed by atoms with E-state index in [1.807, 2.05) is 24.4 Å². The summed E-state index contributed by atoms with van der Waals surface area (Å²) in [6.45, 7) is 3.78. The van der Waals surface area contributed by atoms with Crippen LogP contribution >= 0.6 is 0 Å². The second-order valence-corrected chi connectivity index (χ2v) is 5.99. The van der Waals surface area contributed by atoms with Crippen LogP contribution in [0.3, 0.4) is 0 Å². The SMILES string of the molecule is CN(Cc1ccc(N)c2cccnc12)CC1CCCOC1. The van der Waals surface area contributed by atoms with Crippen molar-refractivity contribution in [2.75, 3.05) is 32.5 Å². The Bertz CT molecular complexity index is 608. The molecule has 1 aromatic heterocycles. The summed E-state index contributed by atoms with van der Waals surface area (Å²) in [5.41, 5.74) is 9.08. The summed E-state index contributed by atoms with van der Waals surface area (Å²) in [5.74, 6) is 0.650. The molecule has 3 rings (SSSR count). The van der Waals surface area contributed by atoms with Gasteiger partial charge in [-0.25, -0.2) is 0 Å². The van der Waals surface area contributed by atoms with Crippen LogP contribution in [0, 0.1) is 5.92 Å². The Morgan fingerprint density at radius 3 is 3.10 bits per heavy atom. The minimum absolute atomic E-state index is 0.650. The molecule has 0 radical (unpaired) electrons. The van der Waals surface area contributed by atoms with Crippen molar-refractivity contribution in [2.24, 2.45) is 5.92 Å². The van der Waals surface area contributed by atoms with E-state index < -0.39 is 0 Å². The van der Waals surface area contributed by atoms with Crippen LogP contribution < -0.4 is 5.73 Å². The van der Waals surface area contributed by atoms with Gasteiger partial charge in [0.15, 0.2) is 0 Å². The second kappa shape index (κ2) is 6.41. The summed E-state index contributed by atoms with van der Waals surface area (Å²) < 4.78 is 5.56. The summed E-state index contributed by atoms with van der Waals surface area (Å²) in [6, 6.07) is 8.05. The molecule has 4 heteroatoms. The number of ether oxygens (including phenoxy) is 1. The quantitative estimate of drug-likeness (QED) is 0.878. The van der Waals surface area contributed by atoms with Gasteiger partial charge in [0.05, 0.1) is 12.1 Å². The molecular weight excluding hydrogens is 262 g/mol. The smallest absolute Gasteiger partial charge is 0.0767 e. The maximum atomic E-state index is 6.04. The molecule has 0 bridgehead atoms. The standard InChI is InChI=1S/C17H23N3O/c1-20(10-13-4-3-9-21-12-13)11-14-6-7-16(18)15-5-2-8-19-17(14)15/h2,5-8,13H,3-4,9-12,18H2,1H3. The van der Waals surface area contributed by atoms with E-state index in [-0.39, 0.29) is 0 Å². The number of aromatic nitrogens is 1. The van der Waals surface area contributed by atoms with Gasteiger partial charge in [0.1, 0.15) is 0 Å². The van der Waals surface area contributed by atoms with Crippen molar-refractivity contribution in [1.82, 2.24) is 9.88 Å². The maximum absolute atomic E-state index is 6.04. The molecule has 2 aromatic rings. The van der Waals surface area contributed by atoms with Crippen LogP contribution in [0.1, 0.15) is 18.4 Å². The molecule has 1 saturated heterocycles. The number of rotatable bonds is 4. The van der Waals surface area contributed by atoms with Crippen molar-refractivity contribution >= 4 is 16.6 Å². The molecule has 0 aliphatic carbocycles. The van der Waals surface area contributed by atoms with Crippen LogP contribution in [0.5, 0.6) is 0 Å². The minimum atomic E-state index is 0.650. The molecule has 112 valence electrons. The summed E-state index contributed by atoms with van der Waals surface area (Å²) in [5, 5.41) is 1.05. The van der Waals surface area contributed by atoms with Crippen LogP contribution in [0.2, 0.25) is 0 Å². The predicted octanol–water partition coefficient (Wildman–Crippen LogP) is 2.68. The van der Waals surface area contributed by atoms with Gasteiger partial charge in [0.25, 0.3) is 0 Å². The number of hydrogen-bond donors (Lipinski definition) is 1. The Labute approximate surface area is 125 Å². The van der Waals surface area contributed by atoms with E-state index in [4.69, 9.17) is 10.5 Å². The Morgan fingerprint density at radius 2 is 2.29 bits per heavy atom. The van der Waals surface area contributed by atoms with Crippen LogP contribution in [0.4, 0.5) is 5.69 Å². The Balaban J connectivity index is 1.73. The molecule has 2 heterocycles. The van der Waals surface area contributed by atoms with Gasteiger partial charge in [-0.3, -0.25) is 4.98 Å². The van der Waals surface area contributed by atoms with Gasteiger partial charge in [-0.05, 0) is 49.6 Å². The Morgan fingerprint density at radius 1 is 1.38 bits per heavy atom. The fraction of sp³-hybridized carbons (Fsp3) is 0.471. The molecule has 1 unspecified atom stereocenters. The highest BCUT2D eigenvalue weighted by atomic mass is 16.5. The first-order chi connectivity index (χ1) is 10.2. The topological polar surface area (TPSA) is 51.4 Å². The number of nitrogens with zero attached hydrogens (tertiary/aromatic N) is 2. The number of hydrogen-bond acceptors (Lipinski definition) is 4. The average molecular weight is 285 g/mol. The number of anilines is 1. The van der Waals surface area contributed by atoms with E-state index in [1.165, 1.54) is 18.4 Å². The zero-order chi connectivity index (χ0) is 14.7. The molecule has 1 fully saturated rings. The lowest BCUT2D eigenvalue weighted by Gasteiger charge is -2.27. The Kier molecular flexibility index (Phi) is 4.36. The number of benzene rings is 1. The average Bonchev–Trinajstić information content (AvgIpc) is 2.51. The Hall–Kier alpha value is -1.65. The van der Waals surface area contributed by atoms with Crippen molar-refractivity contribution < 1.29 is 4.74 Å². The van der Waals surface area contributed by atoms with Crippen LogP contribution in [0.25, 0.3) is 10.9 Å². The molecule has 0 amide bonds. The van der Waals surface area contributed by atoms with Gasteiger partial charge >= 0.3 is 0 Å². The largest absolute Gasteiger partial charge is 0.398 e. The first-order valence-corrected chi connectivity index (χ1v) is 7.62. The number of pyridine rings is 1. The number of nitrogen functional groups attached to an aromatic ring is 1. The number of fused-ring (bicyclic) bond motifs is 1. The fourth-order valence-electron chi connectivity index (χ4n) is 3.13. The first kappa shape index (κ1) is 14.3. The minimum Gasteiger partial charge on any atom is -0.398 e. The van der Waals surface area contributed by atoms with Crippen LogP contribution in [0.15, 0.2) is 30.5 Å². The predicted molar refractivity (Wildman–Crippen MR) is 86.0 cm³/mol. The molecule has 0 spiro atoms. The van der Waals surface area contributed by atoms with Gasteiger partial charge in [-0.1, -0.05) is 6.07 Å². The maximum Gasteiger partial charge on any atom is 0.0767 e. The monoisotopic (exact) mass is 285 g/mol. The highest BCUT2D eigenvalue weighted by molar-refractivity contribution is 5.92.